The third kappa shape index (κ3) is 3.92. The van der Waals surface area contributed by atoms with E-state index in [-0.39, 0.29) is 11.5 Å². The number of aromatic hydroxyl groups is 1. The summed E-state index contributed by atoms with van der Waals surface area (Å²) >= 11 is 0. The summed E-state index contributed by atoms with van der Waals surface area (Å²) < 4.78 is 15.4. The van der Waals surface area contributed by atoms with Crippen molar-refractivity contribution in [2.24, 2.45) is 0 Å². The second-order valence-corrected chi connectivity index (χ2v) is 5.44. The van der Waals surface area contributed by atoms with Crippen molar-refractivity contribution in [3.05, 3.63) is 65.9 Å². The van der Waals surface area contributed by atoms with Crippen LogP contribution in [0.15, 0.2) is 59.0 Å². The molecule has 0 fully saturated rings. The summed E-state index contributed by atoms with van der Waals surface area (Å²) in [5.74, 6) is -0.647. The van der Waals surface area contributed by atoms with Crippen molar-refractivity contribution in [2.75, 3.05) is 13.7 Å². The molecule has 0 aliphatic heterocycles. The van der Waals surface area contributed by atoms with Crippen molar-refractivity contribution >= 4 is 28.8 Å². The predicted molar refractivity (Wildman–Crippen MR) is 95.2 cm³/mol. The van der Waals surface area contributed by atoms with Crippen molar-refractivity contribution in [1.29, 1.82) is 0 Å². The van der Waals surface area contributed by atoms with Crippen LogP contribution in [0, 0.1) is 0 Å². The summed E-state index contributed by atoms with van der Waals surface area (Å²) in [5.41, 5.74) is 1.24. The van der Waals surface area contributed by atoms with Crippen molar-refractivity contribution in [3.8, 4) is 11.5 Å². The molecule has 0 amide bonds. The number of ketones is 1. The van der Waals surface area contributed by atoms with Crippen LogP contribution in [-0.4, -0.2) is 30.6 Å². The molecule has 6 nitrogen and oxygen atoms in total. The molecule has 0 atom stereocenters. The molecular formula is C20H16O6. The van der Waals surface area contributed by atoms with Gasteiger partial charge in [0.05, 0.1) is 7.11 Å². The van der Waals surface area contributed by atoms with Gasteiger partial charge in [-0.1, -0.05) is 24.3 Å². The first-order chi connectivity index (χ1) is 12.6. The predicted octanol–water partition coefficient (Wildman–Crippen LogP) is 3.59. The molecule has 0 bridgehead atoms. The van der Waals surface area contributed by atoms with Crippen molar-refractivity contribution in [3.63, 3.8) is 0 Å². The number of Topliss-reactive ketones (excluding diaryl/α,β-unsaturated/α-hetero) is 1. The summed E-state index contributed by atoms with van der Waals surface area (Å²) in [6, 6.07) is 13.5. The van der Waals surface area contributed by atoms with Crippen molar-refractivity contribution in [2.45, 2.75) is 0 Å². The number of carbonyl (C=O) groups excluding carboxylic acids is 2. The Balaban J connectivity index is 1.58. The molecule has 0 spiro atoms. The lowest BCUT2D eigenvalue weighted by atomic mass is 10.2. The number of para-hydroxylation sites is 1. The number of ether oxygens (including phenoxy) is 2. The lowest BCUT2D eigenvalue weighted by molar-refractivity contribution is -0.136. The minimum absolute atomic E-state index is 0.00339. The van der Waals surface area contributed by atoms with Gasteiger partial charge < -0.3 is 19.0 Å². The van der Waals surface area contributed by atoms with Crippen LogP contribution in [0.4, 0.5) is 0 Å². The summed E-state index contributed by atoms with van der Waals surface area (Å²) in [7, 11) is 1.43. The van der Waals surface area contributed by atoms with E-state index in [0.717, 1.165) is 5.39 Å². The quantitative estimate of drug-likeness (QED) is 0.414. The second kappa shape index (κ2) is 7.57. The number of fused-ring (bicyclic) bond motifs is 1. The van der Waals surface area contributed by atoms with Crippen LogP contribution in [-0.2, 0) is 9.53 Å². The van der Waals surface area contributed by atoms with E-state index >= 15 is 0 Å². The second-order valence-electron chi connectivity index (χ2n) is 5.44. The first kappa shape index (κ1) is 17.3. The maximum atomic E-state index is 12.1. The van der Waals surface area contributed by atoms with E-state index < -0.39 is 18.4 Å². The summed E-state index contributed by atoms with van der Waals surface area (Å²) in [6.07, 6.45) is 2.69. The number of carbonyl (C=O) groups is 2. The summed E-state index contributed by atoms with van der Waals surface area (Å²) in [4.78, 5) is 23.8. The van der Waals surface area contributed by atoms with Gasteiger partial charge in [0.15, 0.2) is 23.9 Å². The third-order valence-electron chi connectivity index (χ3n) is 3.66. The Morgan fingerprint density at radius 3 is 2.73 bits per heavy atom. The van der Waals surface area contributed by atoms with Crippen LogP contribution in [0.5, 0.6) is 11.5 Å². The van der Waals surface area contributed by atoms with E-state index in [1.54, 1.807) is 24.3 Å². The maximum Gasteiger partial charge on any atom is 0.331 e. The van der Waals surface area contributed by atoms with Gasteiger partial charge in [-0.15, -0.1) is 0 Å². The molecule has 1 aromatic heterocycles. The minimum atomic E-state index is -0.665. The van der Waals surface area contributed by atoms with Gasteiger partial charge in [-0.25, -0.2) is 4.79 Å². The van der Waals surface area contributed by atoms with E-state index in [1.807, 2.05) is 18.2 Å². The van der Waals surface area contributed by atoms with Gasteiger partial charge in [0.25, 0.3) is 0 Å². The number of esters is 1. The lowest BCUT2D eigenvalue weighted by Crippen LogP contribution is -2.11. The normalized spacial score (nSPS) is 11.0. The highest BCUT2D eigenvalue weighted by Gasteiger charge is 2.13. The zero-order chi connectivity index (χ0) is 18.5. The monoisotopic (exact) mass is 352 g/mol. The number of hydrogen-bond donors (Lipinski definition) is 1. The Labute approximate surface area is 149 Å². The highest BCUT2D eigenvalue weighted by Crippen LogP contribution is 2.26. The average Bonchev–Trinajstić information content (AvgIpc) is 3.09. The van der Waals surface area contributed by atoms with Crippen LogP contribution < -0.4 is 4.74 Å². The number of benzene rings is 2. The maximum absolute atomic E-state index is 12.1. The first-order valence-electron chi connectivity index (χ1n) is 7.80. The Kier molecular flexibility index (Phi) is 5.03. The Morgan fingerprint density at radius 1 is 1.15 bits per heavy atom. The van der Waals surface area contributed by atoms with E-state index in [9.17, 15) is 14.7 Å². The average molecular weight is 352 g/mol. The van der Waals surface area contributed by atoms with Gasteiger partial charge in [0.2, 0.25) is 5.78 Å². The fourth-order valence-electron chi connectivity index (χ4n) is 2.34. The smallest absolute Gasteiger partial charge is 0.331 e. The number of furan rings is 1. The summed E-state index contributed by atoms with van der Waals surface area (Å²) in [5, 5.41) is 10.3. The number of methoxy groups -OCH3 is 1. The number of phenolic OH excluding ortho intramolecular Hbond substituents is 1. The number of rotatable bonds is 6. The molecule has 1 heterocycles. The van der Waals surface area contributed by atoms with Gasteiger partial charge in [0, 0.05) is 11.5 Å². The Morgan fingerprint density at radius 2 is 1.96 bits per heavy atom. The fraction of sp³-hybridized carbons (Fsp3) is 0.100. The van der Waals surface area contributed by atoms with Gasteiger partial charge in [-0.3, -0.25) is 4.79 Å². The van der Waals surface area contributed by atoms with Crippen LogP contribution in [0.3, 0.4) is 0 Å². The lowest BCUT2D eigenvalue weighted by Gasteiger charge is -2.03. The highest BCUT2D eigenvalue weighted by atomic mass is 16.5. The van der Waals surface area contributed by atoms with Gasteiger partial charge in [-0.05, 0) is 35.9 Å². The van der Waals surface area contributed by atoms with Crippen LogP contribution in [0.1, 0.15) is 16.1 Å². The van der Waals surface area contributed by atoms with E-state index in [1.165, 1.54) is 25.3 Å². The standard InChI is InChI=1S/C20H16O6/c1-24-18-10-13(6-8-15(18)21)7-9-20(23)25-12-16(22)19-11-14-4-2-3-5-17(14)26-19/h2-11,21H,12H2,1H3/b9-7+. The van der Waals surface area contributed by atoms with E-state index in [0.29, 0.717) is 16.9 Å². The van der Waals surface area contributed by atoms with E-state index in [2.05, 4.69) is 0 Å². The molecular weight excluding hydrogens is 336 g/mol. The van der Waals surface area contributed by atoms with E-state index in [4.69, 9.17) is 13.9 Å². The molecule has 0 saturated carbocycles. The van der Waals surface area contributed by atoms with Gasteiger partial charge in [0.1, 0.15) is 5.58 Å². The molecule has 26 heavy (non-hydrogen) atoms. The third-order valence-corrected chi connectivity index (χ3v) is 3.66. The zero-order valence-electron chi connectivity index (χ0n) is 14.0. The van der Waals surface area contributed by atoms with Crippen LogP contribution >= 0.6 is 0 Å². The molecule has 0 unspecified atom stereocenters. The molecule has 0 aliphatic rings. The minimum Gasteiger partial charge on any atom is -0.504 e. The molecule has 0 aliphatic carbocycles. The SMILES string of the molecule is COc1cc(/C=C/C(=O)OCC(=O)c2cc3ccccc3o2)ccc1O. The van der Waals surface area contributed by atoms with Crippen LogP contribution in [0.25, 0.3) is 17.0 Å². The van der Waals surface area contributed by atoms with Gasteiger partial charge >= 0.3 is 5.97 Å². The van der Waals surface area contributed by atoms with Gasteiger partial charge in [-0.2, -0.15) is 0 Å². The number of phenols is 1. The first-order valence-corrected chi connectivity index (χ1v) is 7.80. The number of hydrogen-bond acceptors (Lipinski definition) is 6. The molecule has 0 saturated heterocycles. The zero-order valence-corrected chi connectivity index (χ0v) is 14.0. The molecule has 1 N–H and O–H groups in total. The van der Waals surface area contributed by atoms with Crippen molar-refractivity contribution < 1.29 is 28.6 Å². The Bertz CT molecular complexity index is 950. The largest absolute Gasteiger partial charge is 0.504 e. The fourth-order valence-corrected chi connectivity index (χ4v) is 2.34. The van der Waals surface area contributed by atoms with Crippen molar-refractivity contribution in [1.82, 2.24) is 0 Å². The molecule has 2 aromatic carbocycles. The highest BCUT2D eigenvalue weighted by molar-refractivity contribution is 5.99. The molecule has 6 heteroatoms. The molecule has 3 rings (SSSR count). The molecule has 132 valence electrons. The molecule has 3 aromatic rings. The Hall–Kier alpha value is -3.54. The van der Waals surface area contributed by atoms with Crippen LogP contribution in [0.2, 0.25) is 0 Å². The topological polar surface area (TPSA) is 86.0 Å². The summed E-state index contributed by atoms with van der Waals surface area (Å²) in [6.45, 7) is -0.415. The molecule has 0 radical (unpaired) electrons.